The molecule has 3 aromatic rings. The van der Waals surface area contributed by atoms with E-state index in [-0.39, 0.29) is 18.2 Å². The number of hydrogen-bond donors (Lipinski definition) is 0. The van der Waals surface area contributed by atoms with Crippen LogP contribution in [-0.4, -0.2) is 18.4 Å². The van der Waals surface area contributed by atoms with Crippen LogP contribution in [0, 0.1) is 19.7 Å². The lowest BCUT2D eigenvalue weighted by atomic mass is 10.0. The second-order valence-electron chi connectivity index (χ2n) is 5.61. The molecule has 122 valence electrons. The minimum absolute atomic E-state index is 0.239. The molecule has 1 heterocycles. The zero-order valence-corrected chi connectivity index (χ0v) is 14.1. The van der Waals surface area contributed by atoms with Crippen molar-refractivity contribution >= 4 is 33.2 Å². The molecule has 0 saturated carbocycles. The Kier molecular flexibility index (Phi) is 4.44. The van der Waals surface area contributed by atoms with Gasteiger partial charge in [-0.2, -0.15) is 0 Å². The van der Waals surface area contributed by atoms with Gasteiger partial charge in [-0.25, -0.2) is 9.18 Å². The first kappa shape index (κ1) is 16.3. The highest BCUT2D eigenvalue weighted by molar-refractivity contribution is 7.20. The van der Waals surface area contributed by atoms with Crippen LogP contribution in [0.5, 0.6) is 0 Å². The molecule has 3 rings (SSSR count). The third kappa shape index (κ3) is 3.36. The molecule has 0 bridgehead atoms. The average Bonchev–Trinajstić information content (AvgIpc) is 2.97. The van der Waals surface area contributed by atoms with Crippen LogP contribution in [0.2, 0.25) is 0 Å². The van der Waals surface area contributed by atoms with Gasteiger partial charge < -0.3 is 4.74 Å². The number of esters is 1. The van der Waals surface area contributed by atoms with E-state index in [1.165, 1.54) is 23.5 Å². The van der Waals surface area contributed by atoms with E-state index in [0.717, 1.165) is 15.8 Å². The van der Waals surface area contributed by atoms with E-state index in [2.05, 4.69) is 0 Å². The van der Waals surface area contributed by atoms with Gasteiger partial charge in [-0.1, -0.05) is 17.7 Å². The molecule has 2 aromatic carbocycles. The number of benzene rings is 2. The Hall–Kier alpha value is -2.53. The smallest absolute Gasteiger partial charge is 0.348 e. The molecule has 0 aliphatic heterocycles. The van der Waals surface area contributed by atoms with Gasteiger partial charge in [0, 0.05) is 10.3 Å². The largest absolute Gasteiger partial charge is 0.453 e. The molecule has 0 unspecified atom stereocenters. The number of Topliss-reactive ketones (excluding diaryl/α,β-unsaturated/α-hetero) is 1. The van der Waals surface area contributed by atoms with E-state index in [9.17, 15) is 14.0 Å². The van der Waals surface area contributed by atoms with Crippen LogP contribution in [0.3, 0.4) is 0 Å². The van der Waals surface area contributed by atoms with Crippen molar-refractivity contribution < 1.29 is 18.7 Å². The van der Waals surface area contributed by atoms with E-state index < -0.39 is 5.97 Å². The zero-order valence-electron chi connectivity index (χ0n) is 13.3. The summed E-state index contributed by atoms with van der Waals surface area (Å²) in [6.07, 6.45) is 0. The van der Waals surface area contributed by atoms with E-state index >= 15 is 0 Å². The lowest BCUT2D eigenvalue weighted by Crippen LogP contribution is -2.14. The standard InChI is InChI=1S/C19H15FO3S/c1-11-3-4-12(2)15(7-11)16(21)10-23-19(22)18-9-13-8-14(20)5-6-17(13)24-18/h3-9H,10H2,1-2H3. The van der Waals surface area contributed by atoms with Crippen LogP contribution in [0.4, 0.5) is 4.39 Å². The summed E-state index contributed by atoms with van der Waals surface area (Å²) in [5.74, 6) is -1.17. The number of ketones is 1. The Morgan fingerprint density at radius 2 is 1.88 bits per heavy atom. The second-order valence-corrected chi connectivity index (χ2v) is 6.69. The summed E-state index contributed by atoms with van der Waals surface area (Å²) in [5.41, 5.74) is 2.38. The molecular weight excluding hydrogens is 327 g/mol. The average molecular weight is 342 g/mol. The summed E-state index contributed by atoms with van der Waals surface area (Å²) in [5, 5.41) is 0.646. The van der Waals surface area contributed by atoms with Gasteiger partial charge in [0.1, 0.15) is 10.7 Å². The highest BCUT2D eigenvalue weighted by Gasteiger charge is 2.16. The summed E-state index contributed by atoms with van der Waals surface area (Å²) in [4.78, 5) is 24.7. The number of carbonyl (C=O) groups excluding carboxylic acids is 2. The Labute approximate surface area is 142 Å². The van der Waals surface area contributed by atoms with Crippen LogP contribution in [-0.2, 0) is 4.74 Å². The van der Waals surface area contributed by atoms with Crippen LogP contribution >= 0.6 is 11.3 Å². The number of hydrogen-bond acceptors (Lipinski definition) is 4. The zero-order chi connectivity index (χ0) is 17.3. The molecule has 5 heteroatoms. The fraction of sp³-hybridized carbons (Fsp3) is 0.158. The first-order valence-electron chi connectivity index (χ1n) is 7.41. The molecule has 0 radical (unpaired) electrons. The quantitative estimate of drug-likeness (QED) is 0.510. The third-order valence-electron chi connectivity index (χ3n) is 3.71. The van der Waals surface area contributed by atoms with Crippen LogP contribution in [0.25, 0.3) is 10.1 Å². The normalized spacial score (nSPS) is 10.8. The molecule has 0 saturated heterocycles. The van der Waals surface area contributed by atoms with Crippen LogP contribution in [0.1, 0.15) is 31.2 Å². The molecule has 0 N–H and O–H groups in total. The fourth-order valence-corrected chi connectivity index (χ4v) is 3.37. The van der Waals surface area contributed by atoms with Crippen molar-refractivity contribution in [1.29, 1.82) is 0 Å². The van der Waals surface area contributed by atoms with Gasteiger partial charge in [0.2, 0.25) is 5.78 Å². The number of rotatable bonds is 4. The summed E-state index contributed by atoms with van der Waals surface area (Å²) in [7, 11) is 0. The predicted molar refractivity (Wildman–Crippen MR) is 92.3 cm³/mol. The van der Waals surface area contributed by atoms with Crippen molar-refractivity contribution in [2.45, 2.75) is 13.8 Å². The lowest BCUT2D eigenvalue weighted by molar-refractivity contribution is 0.0479. The number of aryl methyl sites for hydroxylation is 2. The highest BCUT2D eigenvalue weighted by atomic mass is 32.1. The maximum absolute atomic E-state index is 13.2. The summed E-state index contributed by atoms with van der Waals surface area (Å²) < 4.78 is 19.1. The van der Waals surface area contributed by atoms with Crippen molar-refractivity contribution in [3.63, 3.8) is 0 Å². The molecule has 0 fully saturated rings. The minimum atomic E-state index is -0.574. The van der Waals surface area contributed by atoms with Crippen LogP contribution in [0.15, 0.2) is 42.5 Å². The second kappa shape index (κ2) is 6.53. The predicted octanol–water partition coefficient (Wildman–Crippen LogP) is 4.70. The van der Waals surface area contributed by atoms with Crippen molar-refractivity contribution in [1.82, 2.24) is 0 Å². The molecule has 0 aliphatic rings. The number of fused-ring (bicyclic) bond motifs is 1. The topological polar surface area (TPSA) is 43.4 Å². The minimum Gasteiger partial charge on any atom is -0.453 e. The molecule has 3 nitrogen and oxygen atoms in total. The molecule has 24 heavy (non-hydrogen) atoms. The fourth-order valence-electron chi connectivity index (χ4n) is 2.43. The van der Waals surface area contributed by atoms with Gasteiger partial charge in [0.25, 0.3) is 0 Å². The van der Waals surface area contributed by atoms with Gasteiger partial charge in [-0.3, -0.25) is 4.79 Å². The van der Waals surface area contributed by atoms with Crippen molar-refractivity contribution in [2.24, 2.45) is 0 Å². The molecule has 0 aliphatic carbocycles. The first-order valence-corrected chi connectivity index (χ1v) is 8.22. The summed E-state index contributed by atoms with van der Waals surface area (Å²) in [6, 6.07) is 11.5. The Morgan fingerprint density at radius 3 is 2.67 bits per heavy atom. The maximum atomic E-state index is 13.2. The van der Waals surface area contributed by atoms with Gasteiger partial charge in [-0.15, -0.1) is 11.3 Å². The Bertz CT molecular complexity index is 943. The van der Waals surface area contributed by atoms with Crippen molar-refractivity contribution in [3.8, 4) is 0 Å². The van der Waals surface area contributed by atoms with Crippen molar-refractivity contribution in [3.05, 3.63) is 69.8 Å². The van der Waals surface area contributed by atoms with Crippen LogP contribution < -0.4 is 0 Å². The summed E-state index contributed by atoms with van der Waals surface area (Å²) >= 11 is 1.21. The molecular formula is C19H15FO3S. The van der Waals surface area contributed by atoms with E-state index in [1.807, 2.05) is 26.0 Å². The number of halogens is 1. The maximum Gasteiger partial charge on any atom is 0.348 e. The Balaban J connectivity index is 1.72. The number of ether oxygens (including phenoxy) is 1. The molecule has 0 spiro atoms. The number of carbonyl (C=O) groups is 2. The highest BCUT2D eigenvalue weighted by Crippen LogP contribution is 2.26. The van der Waals surface area contributed by atoms with E-state index in [0.29, 0.717) is 15.8 Å². The van der Waals surface area contributed by atoms with Gasteiger partial charge in [-0.05, 0) is 55.1 Å². The number of thiophene rings is 1. The SMILES string of the molecule is Cc1ccc(C)c(C(=O)COC(=O)c2cc3cc(F)ccc3s2)c1. The lowest BCUT2D eigenvalue weighted by Gasteiger charge is -2.06. The van der Waals surface area contributed by atoms with Gasteiger partial charge in [0.15, 0.2) is 6.61 Å². The third-order valence-corrected chi connectivity index (χ3v) is 4.80. The summed E-state index contributed by atoms with van der Waals surface area (Å²) in [6.45, 7) is 3.43. The van der Waals surface area contributed by atoms with E-state index in [1.54, 1.807) is 18.2 Å². The molecule has 0 amide bonds. The Morgan fingerprint density at radius 1 is 1.08 bits per heavy atom. The monoisotopic (exact) mass is 342 g/mol. The van der Waals surface area contributed by atoms with Crippen molar-refractivity contribution in [2.75, 3.05) is 6.61 Å². The molecule has 0 atom stereocenters. The van der Waals surface area contributed by atoms with Gasteiger partial charge in [0.05, 0.1) is 0 Å². The molecule has 1 aromatic heterocycles. The first-order chi connectivity index (χ1) is 11.4. The van der Waals surface area contributed by atoms with E-state index in [4.69, 9.17) is 4.74 Å². The van der Waals surface area contributed by atoms with Gasteiger partial charge >= 0.3 is 5.97 Å².